The van der Waals surface area contributed by atoms with Crippen LogP contribution in [-0.2, 0) is 27.4 Å². The average Bonchev–Trinajstić information content (AvgIpc) is 3.18. The van der Waals surface area contributed by atoms with Gasteiger partial charge in [-0.15, -0.1) is 24.0 Å². The molecule has 1 atom stereocenters. The van der Waals surface area contributed by atoms with Gasteiger partial charge in [0.15, 0.2) is 5.96 Å². The Bertz CT molecular complexity index is 627. The van der Waals surface area contributed by atoms with Gasteiger partial charge in [-0.2, -0.15) is 13.2 Å². The molecule has 0 bridgehead atoms. The van der Waals surface area contributed by atoms with Crippen LogP contribution in [0.4, 0.5) is 13.2 Å². The minimum atomic E-state index is -4.32. The van der Waals surface area contributed by atoms with Crippen molar-refractivity contribution in [3.63, 3.8) is 0 Å². The fourth-order valence-electron chi connectivity index (χ4n) is 2.79. The van der Waals surface area contributed by atoms with Gasteiger partial charge in [0.1, 0.15) is 6.61 Å². The van der Waals surface area contributed by atoms with Crippen molar-refractivity contribution in [1.82, 2.24) is 10.6 Å². The van der Waals surface area contributed by atoms with E-state index in [1.165, 1.54) is 0 Å². The van der Waals surface area contributed by atoms with E-state index in [-0.39, 0.29) is 36.7 Å². The summed E-state index contributed by atoms with van der Waals surface area (Å²) in [5, 5.41) is 6.44. The minimum absolute atomic E-state index is 0. The van der Waals surface area contributed by atoms with Gasteiger partial charge in [0, 0.05) is 26.3 Å². The number of nitrogens with one attached hydrogen (secondary N) is 2. The zero-order chi connectivity index (χ0) is 21.0. The number of rotatable bonds is 11. The molecule has 30 heavy (non-hydrogen) atoms. The van der Waals surface area contributed by atoms with Crippen molar-refractivity contribution in [2.45, 2.75) is 45.2 Å². The fraction of sp³-hybridized carbons (Fsp3) is 0.650. The van der Waals surface area contributed by atoms with Crippen LogP contribution in [0.15, 0.2) is 29.3 Å². The molecule has 1 aromatic rings. The Labute approximate surface area is 193 Å². The standard InChI is InChI=1S/C20H30F3N3O3.HI/c1-2-24-19(25-8-4-9-29-18-7-10-27-14-18)26-12-16-5-3-6-17(11-16)13-28-15-20(21,22)23;/h3,5-6,11,18H,2,4,7-10,12-15H2,1H3,(H2,24,25,26);1H. The molecule has 1 heterocycles. The molecule has 1 aliphatic rings. The summed E-state index contributed by atoms with van der Waals surface area (Å²) in [6.45, 7) is 4.64. The SMILES string of the molecule is CCNC(=NCc1cccc(COCC(F)(F)F)c1)NCCCOC1CCOC1.I. The van der Waals surface area contributed by atoms with E-state index in [9.17, 15) is 13.2 Å². The van der Waals surface area contributed by atoms with Gasteiger partial charge in [0.25, 0.3) is 0 Å². The molecule has 2 N–H and O–H groups in total. The van der Waals surface area contributed by atoms with E-state index in [0.717, 1.165) is 38.1 Å². The van der Waals surface area contributed by atoms with Crippen molar-refractivity contribution in [2.24, 2.45) is 4.99 Å². The van der Waals surface area contributed by atoms with Gasteiger partial charge in [-0.3, -0.25) is 0 Å². The first-order valence-corrected chi connectivity index (χ1v) is 9.90. The first-order valence-electron chi connectivity index (χ1n) is 9.90. The highest BCUT2D eigenvalue weighted by atomic mass is 127. The molecule has 0 aliphatic carbocycles. The molecule has 0 amide bonds. The third-order valence-electron chi connectivity index (χ3n) is 4.14. The zero-order valence-corrected chi connectivity index (χ0v) is 19.5. The second kappa shape index (κ2) is 14.8. The predicted octanol–water partition coefficient (Wildman–Crippen LogP) is 3.63. The van der Waals surface area contributed by atoms with E-state index >= 15 is 0 Å². The lowest BCUT2D eigenvalue weighted by molar-refractivity contribution is -0.176. The molecule has 1 aromatic carbocycles. The molecule has 1 saturated heterocycles. The van der Waals surface area contributed by atoms with Crippen LogP contribution in [0.2, 0.25) is 0 Å². The van der Waals surface area contributed by atoms with Gasteiger partial charge in [-0.25, -0.2) is 4.99 Å². The van der Waals surface area contributed by atoms with Gasteiger partial charge in [-0.1, -0.05) is 24.3 Å². The number of alkyl halides is 3. The molecular weight excluding hydrogens is 514 g/mol. The number of benzene rings is 1. The van der Waals surface area contributed by atoms with Crippen LogP contribution in [-0.4, -0.2) is 57.8 Å². The summed E-state index contributed by atoms with van der Waals surface area (Å²) in [7, 11) is 0. The molecule has 10 heteroatoms. The lowest BCUT2D eigenvalue weighted by Crippen LogP contribution is -2.38. The maximum Gasteiger partial charge on any atom is 0.411 e. The number of guanidine groups is 1. The number of nitrogens with zero attached hydrogens (tertiary/aromatic N) is 1. The van der Waals surface area contributed by atoms with Crippen LogP contribution >= 0.6 is 24.0 Å². The molecule has 0 aromatic heterocycles. The first-order chi connectivity index (χ1) is 14.0. The van der Waals surface area contributed by atoms with Gasteiger partial charge < -0.3 is 24.8 Å². The highest BCUT2D eigenvalue weighted by Crippen LogP contribution is 2.16. The van der Waals surface area contributed by atoms with Crippen molar-refractivity contribution in [3.8, 4) is 0 Å². The van der Waals surface area contributed by atoms with Crippen LogP contribution in [0.3, 0.4) is 0 Å². The Hall–Kier alpha value is -1.11. The average molecular weight is 545 g/mol. The highest BCUT2D eigenvalue weighted by molar-refractivity contribution is 14.0. The molecule has 1 fully saturated rings. The van der Waals surface area contributed by atoms with E-state index < -0.39 is 12.8 Å². The molecule has 1 aliphatic heterocycles. The third-order valence-corrected chi connectivity index (χ3v) is 4.14. The molecule has 6 nitrogen and oxygen atoms in total. The van der Waals surface area contributed by atoms with Crippen molar-refractivity contribution < 1.29 is 27.4 Å². The molecular formula is C20H31F3IN3O3. The summed E-state index contributed by atoms with van der Waals surface area (Å²) in [6, 6.07) is 7.22. The lowest BCUT2D eigenvalue weighted by Gasteiger charge is -2.13. The summed E-state index contributed by atoms with van der Waals surface area (Å²) >= 11 is 0. The summed E-state index contributed by atoms with van der Waals surface area (Å²) in [6.07, 6.45) is -2.29. The number of ether oxygens (including phenoxy) is 3. The van der Waals surface area contributed by atoms with Crippen LogP contribution in [0.1, 0.15) is 30.9 Å². The predicted molar refractivity (Wildman–Crippen MR) is 120 cm³/mol. The van der Waals surface area contributed by atoms with Crippen LogP contribution in [0.25, 0.3) is 0 Å². The van der Waals surface area contributed by atoms with Crippen molar-refractivity contribution in [3.05, 3.63) is 35.4 Å². The fourth-order valence-corrected chi connectivity index (χ4v) is 2.79. The van der Waals surface area contributed by atoms with E-state index in [1.807, 2.05) is 13.0 Å². The monoisotopic (exact) mass is 545 g/mol. The maximum atomic E-state index is 12.2. The van der Waals surface area contributed by atoms with E-state index in [0.29, 0.717) is 31.3 Å². The largest absolute Gasteiger partial charge is 0.411 e. The van der Waals surface area contributed by atoms with Crippen LogP contribution < -0.4 is 10.6 Å². The third kappa shape index (κ3) is 11.9. The molecule has 0 spiro atoms. The van der Waals surface area contributed by atoms with Gasteiger partial charge in [0.2, 0.25) is 0 Å². The molecule has 0 saturated carbocycles. The minimum Gasteiger partial charge on any atom is -0.379 e. The normalized spacial score (nSPS) is 16.9. The second-order valence-corrected chi connectivity index (χ2v) is 6.76. The van der Waals surface area contributed by atoms with Crippen LogP contribution in [0, 0.1) is 0 Å². The Kier molecular flexibility index (Phi) is 13.3. The molecule has 2 rings (SSSR count). The summed E-state index contributed by atoms with van der Waals surface area (Å²) in [5.41, 5.74) is 1.59. The molecule has 0 radical (unpaired) electrons. The Morgan fingerprint density at radius 1 is 1.27 bits per heavy atom. The lowest BCUT2D eigenvalue weighted by atomic mass is 10.1. The number of aliphatic imine (C=N–C) groups is 1. The van der Waals surface area contributed by atoms with E-state index in [4.69, 9.17) is 14.2 Å². The van der Waals surface area contributed by atoms with Crippen molar-refractivity contribution in [1.29, 1.82) is 0 Å². The Morgan fingerprint density at radius 3 is 2.77 bits per heavy atom. The highest BCUT2D eigenvalue weighted by Gasteiger charge is 2.27. The molecule has 172 valence electrons. The Balaban J connectivity index is 0.00000450. The number of hydrogen-bond acceptors (Lipinski definition) is 4. The van der Waals surface area contributed by atoms with E-state index in [1.54, 1.807) is 18.2 Å². The quantitative estimate of drug-likeness (QED) is 0.193. The summed E-state index contributed by atoms with van der Waals surface area (Å²) in [4.78, 5) is 4.53. The van der Waals surface area contributed by atoms with Gasteiger partial charge in [0.05, 0.1) is 25.9 Å². The number of halogens is 4. The van der Waals surface area contributed by atoms with Crippen LogP contribution in [0.5, 0.6) is 0 Å². The second-order valence-electron chi connectivity index (χ2n) is 6.76. The number of hydrogen-bond donors (Lipinski definition) is 2. The Morgan fingerprint density at radius 2 is 2.07 bits per heavy atom. The van der Waals surface area contributed by atoms with Gasteiger partial charge >= 0.3 is 6.18 Å². The summed E-state index contributed by atoms with van der Waals surface area (Å²) in [5.74, 6) is 0.690. The first kappa shape index (κ1) is 26.9. The maximum absolute atomic E-state index is 12.2. The van der Waals surface area contributed by atoms with E-state index in [2.05, 4.69) is 15.6 Å². The van der Waals surface area contributed by atoms with Gasteiger partial charge in [-0.05, 0) is 30.9 Å². The smallest absolute Gasteiger partial charge is 0.379 e. The molecule has 1 unspecified atom stereocenters. The van der Waals surface area contributed by atoms with Crippen molar-refractivity contribution >= 4 is 29.9 Å². The summed E-state index contributed by atoms with van der Waals surface area (Å²) < 4.78 is 52.3. The zero-order valence-electron chi connectivity index (χ0n) is 17.2. The topological polar surface area (TPSA) is 64.1 Å². The van der Waals surface area contributed by atoms with Crippen molar-refractivity contribution in [2.75, 3.05) is 39.5 Å².